The number of thiophene rings is 1. The molecule has 0 saturated carbocycles. The minimum Gasteiger partial charge on any atom is -0.493 e. The van der Waals surface area contributed by atoms with Gasteiger partial charge in [0.2, 0.25) is 5.75 Å². The highest BCUT2D eigenvalue weighted by Crippen LogP contribution is 2.38. The fraction of sp³-hybridized carbons (Fsp3) is 0.211. The van der Waals surface area contributed by atoms with Gasteiger partial charge in [-0.25, -0.2) is 4.98 Å². The number of aromatic amines is 1. The number of H-pyrrole nitrogens is 1. The molecule has 0 radical (unpaired) electrons. The fourth-order valence-electron chi connectivity index (χ4n) is 2.62. The number of hydrogen-bond acceptors (Lipinski definition) is 7. The lowest BCUT2D eigenvalue weighted by Crippen LogP contribution is -2.08. The fourth-order valence-corrected chi connectivity index (χ4v) is 3.51. The molecule has 27 heavy (non-hydrogen) atoms. The lowest BCUT2D eigenvalue weighted by Gasteiger charge is -2.13. The van der Waals surface area contributed by atoms with Gasteiger partial charge in [-0.2, -0.15) is 0 Å². The van der Waals surface area contributed by atoms with Crippen LogP contribution < -0.4 is 19.8 Å². The zero-order chi connectivity index (χ0) is 19.6. The molecule has 0 fully saturated rings. The summed E-state index contributed by atoms with van der Waals surface area (Å²) in [4.78, 5) is 33.3. The molecule has 0 aliphatic rings. The maximum Gasteiger partial charge on any atom is 0.259 e. The van der Waals surface area contributed by atoms with Crippen molar-refractivity contribution in [2.75, 3.05) is 21.3 Å². The quantitative estimate of drug-likeness (QED) is 0.517. The number of nitrogens with one attached hydrogen (secondary N) is 1. The number of aromatic nitrogens is 2. The number of ketones is 1. The number of nitrogens with zero attached hydrogens (tertiary/aromatic N) is 1. The lowest BCUT2D eigenvalue weighted by molar-refractivity contribution is 0.104. The summed E-state index contributed by atoms with van der Waals surface area (Å²) in [7, 11) is 4.45. The predicted molar refractivity (Wildman–Crippen MR) is 104 cm³/mol. The first kappa shape index (κ1) is 18.7. The van der Waals surface area contributed by atoms with E-state index >= 15 is 0 Å². The summed E-state index contributed by atoms with van der Waals surface area (Å²) in [6.45, 7) is 1.91. The molecule has 3 rings (SSSR count). The topological polar surface area (TPSA) is 90.5 Å². The average Bonchev–Trinajstić information content (AvgIpc) is 3.05. The SMILES string of the molecule is COc1cc(C(=O)/C=C/c2nc3sc(C)cc3c(=O)[nH]2)cc(OC)c1OC. The zero-order valence-electron chi connectivity index (χ0n) is 15.3. The van der Waals surface area contributed by atoms with Crippen LogP contribution in [0.15, 0.2) is 29.1 Å². The number of carbonyl (C=O) groups is 1. The molecular weight excluding hydrogens is 368 g/mol. The second-order valence-electron chi connectivity index (χ2n) is 5.64. The molecule has 8 heteroatoms. The minimum absolute atomic E-state index is 0.232. The number of rotatable bonds is 6. The molecule has 0 aliphatic carbocycles. The highest BCUT2D eigenvalue weighted by molar-refractivity contribution is 7.18. The van der Waals surface area contributed by atoms with E-state index in [0.717, 1.165) is 4.88 Å². The molecule has 0 saturated heterocycles. The van der Waals surface area contributed by atoms with Crippen molar-refractivity contribution < 1.29 is 19.0 Å². The Hall–Kier alpha value is -3.13. The molecule has 3 aromatic rings. The Morgan fingerprint density at radius 2 is 1.78 bits per heavy atom. The van der Waals surface area contributed by atoms with Crippen molar-refractivity contribution in [1.29, 1.82) is 0 Å². The highest BCUT2D eigenvalue weighted by atomic mass is 32.1. The van der Waals surface area contributed by atoms with Gasteiger partial charge in [-0.05, 0) is 37.3 Å². The molecule has 0 aliphatic heterocycles. The summed E-state index contributed by atoms with van der Waals surface area (Å²) in [5.74, 6) is 1.20. The van der Waals surface area contributed by atoms with E-state index in [1.165, 1.54) is 44.8 Å². The molecule has 0 atom stereocenters. The minimum atomic E-state index is -0.292. The number of aryl methyl sites for hydroxylation is 1. The van der Waals surface area contributed by atoms with Crippen LogP contribution in [-0.4, -0.2) is 37.1 Å². The van der Waals surface area contributed by atoms with Gasteiger partial charge in [0.1, 0.15) is 10.7 Å². The van der Waals surface area contributed by atoms with E-state index in [0.29, 0.717) is 38.9 Å². The monoisotopic (exact) mass is 386 g/mol. The van der Waals surface area contributed by atoms with Crippen LogP contribution >= 0.6 is 11.3 Å². The van der Waals surface area contributed by atoms with Gasteiger partial charge in [-0.3, -0.25) is 9.59 Å². The molecule has 2 heterocycles. The molecule has 2 aromatic heterocycles. The Kier molecular flexibility index (Phi) is 5.27. The number of fused-ring (bicyclic) bond motifs is 1. The van der Waals surface area contributed by atoms with E-state index in [2.05, 4.69) is 9.97 Å². The first-order valence-electron chi connectivity index (χ1n) is 7.99. The summed E-state index contributed by atoms with van der Waals surface area (Å²) >= 11 is 1.43. The third-order valence-electron chi connectivity index (χ3n) is 3.89. The van der Waals surface area contributed by atoms with E-state index in [-0.39, 0.29) is 11.3 Å². The van der Waals surface area contributed by atoms with Crippen LogP contribution in [0.3, 0.4) is 0 Å². The van der Waals surface area contributed by atoms with Gasteiger partial charge in [0.15, 0.2) is 17.3 Å². The average molecular weight is 386 g/mol. The summed E-state index contributed by atoms with van der Waals surface area (Å²) in [5, 5.41) is 0.547. The molecule has 0 unspecified atom stereocenters. The maximum absolute atomic E-state index is 12.6. The smallest absolute Gasteiger partial charge is 0.259 e. The van der Waals surface area contributed by atoms with Gasteiger partial charge in [-0.1, -0.05) is 0 Å². The predicted octanol–water partition coefficient (Wildman–Crippen LogP) is 3.21. The molecule has 140 valence electrons. The summed E-state index contributed by atoms with van der Waals surface area (Å²) in [6.07, 6.45) is 2.81. The number of hydrogen-bond donors (Lipinski definition) is 1. The van der Waals surface area contributed by atoms with E-state index in [9.17, 15) is 9.59 Å². The van der Waals surface area contributed by atoms with Gasteiger partial charge in [0.05, 0.1) is 26.7 Å². The van der Waals surface area contributed by atoms with Crippen molar-refractivity contribution in [1.82, 2.24) is 9.97 Å². The van der Waals surface area contributed by atoms with Crippen molar-refractivity contribution in [2.24, 2.45) is 0 Å². The Bertz CT molecular complexity index is 1070. The molecule has 0 amide bonds. The van der Waals surface area contributed by atoms with Crippen LogP contribution in [0.5, 0.6) is 17.2 Å². The molecule has 1 aromatic carbocycles. The third kappa shape index (κ3) is 3.70. The second kappa shape index (κ2) is 7.63. The zero-order valence-corrected chi connectivity index (χ0v) is 16.1. The second-order valence-corrected chi connectivity index (χ2v) is 6.87. The van der Waals surface area contributed by atoms with Gasteiger partial charge >= 0.3 is 0 Å². The van der Waals surface area contributed by atoms with Crippen LogP contribution in [0, 0.1) is 6.92 Å². The van der Waals surface area contributed by atoms with Crippen molar-refractivity contribution >= 4 is 33.4 Å². The number of carbonyl (C=O) groups excluding carboxylic acids is 1. The number of methoxy groups -OCH3 is 3. The van der Waals surface area contributed by atoms with E-state index < -0.39 is 0 Å². The standard InChI is InChI=1S/C19H18N2O5S/c1-10-7-12-18(23)20-16(21-19(12)27-10)6-5-13(22)11-8-14(24-2)17(26-4)15(9-11)25-3/h5-9H,1-4H3,(H,20,21,23)/b6-5+. The van der Waals surface area contributed by atoms with Crippen molar-refractivity contribution in [3.05, 3.63) is 50.9 Å². The van der Waals surface area contributed by atoms with Gasteiger partial charge in [0.25, 0.3) is 5.56 Å². The first-order chi connectivity index (χ1) is 13.0. The lowest BCUT2D eigenvalue weighted by atomic mass is 10.1. The third-order valence-corrected chi connectivity index (χ3v) is 4.83. The molecule has 0 bridgehead atoms. The molecule has 7 nitrogen and oxygen atoms in total. The van der Waals surface area contributed by atoms with Crippen LogP contribution in [0.1, 0.15) is 21.1 Å². The van der Waals surface area contributed by atoms with Gasteiger partial charge in [0, 0.05) is 10.4 Å². The van der Waals surface area contributed by atoms with Crippen molar-refractivity contribution in [2.45, 2.75) is 6.92 Å². The molecule has 1 N–H and O–H groups in total. The summed E-state index contributed by atoms with van der Waals surface area (Å²) < 4.78 is 15.8. The van der Waals surface area contributed by atoms with Crippen LogP contribution in [-0.2, 0) is 0 Å². The number of benzene rings is 1. The maximum atomic E-state index is 12.6. The largest absolute Gasteiger partial charge is 0.493 e. The first-order valence-corrected chi connectivity index (χ1v) is 8.81. The molecular formula is C19H18N2O5S. The van der Waals surface area contributed by atoms with Crippen LogP contribution in [0.2, 0.25) is 0 Å². The Morgan fingerprint density at radius 1 is 1.11 bits per heavy atom. The van der Waals surface area contributed by atoms with Crippen LogP contribution in [0.25, 0.3) is 16.3 Å². The summed E-state index contributed by atoms with van der Waals surface area (Å²) in [5.41, 5.74) is 0.125. The normalized spacial score (nSPS) is 11.1. The summed E-state index contributed by atoms with van der Waals surface area (Å²) in [6, 6.07) is 4.92. The van der Waals surface area contributed by atoms with Crippen molar-refractivity contribution in [3.8, 4) is 17.2 Å². The number of ether oxygens (including phenoxy) is 3. The van der Waals surface area contributed by atoms with Crippen molar-refractivity contribution in [3.63, 3.8) is 0 Å². The Labute approximate surface area is 159 Å². The van der Waals surface area contributed by atoms with E-state index in [4.69, 9.17) is 14.2 Å². The molecule has 0 spiro atoms. The highest BCUT2D eigenvalue weighted by Gasteiger charge is 2.16. The van der Waals surface area contributed by atoms with Gasteiger partial charge < -0.3 is 19.2 Å². The van der Waals surface area contributed by atoms with Gasteiger partial charge in [-0.15, -0.1) is 11.3 Å². The van der Waals surface area contributed by atoms with E-state index in [1.54, 1.807) is 18.2 Å². The Morgan fingerprint density at radius 3 is 2.37 bits per heavy atom. The van der Waals surface area contributed by atoms with E-state index in [1.807, 2.05) is 6.92 Å². The van der Waals surface area contributed by atoms with Crippen LogP contribution in [0.4, 0.5) is 0 Å². The number of allylic oxidation sites excluding steroid dienone is 1. The Balaban J connectivity index is 1.94.